The van der Waals surface area contributed by atoms with Crippen molar-refractivity contribution < 1.29 is 0 Å². The second-order valence-corrected chi connectivity index (χ2v) is 22.5. The minimum absolute atomic E-state index is 1.18. The summed E-state index contributed by atoms with van der Waals surface area (Å²) in [5.41, 5.74) is 14.6. The summed E-state index contributed by atoms with van der Waals surface area (Å²) >= 11 is 0. The molecule has 0 saturated carbocycles. The molecule has 4 nitrogen and oxygen atoms in total. The molecular weight excluding hydrogens is 901 g/mol. The van der Waals surface area contributed by atoms with Crippen molar-refractivity contribution in [2.75, 3.05) is 0 Å². The van der Waals surface area contributed by atoms with E-state index in [4.69, 9.17) is 0 Å². The van der Waals surface area contributed by atoms with Crippen LogP contribution in [0.25, 0.3) is 153 Å². The van der Waals surface area contributed by atoms with Crippen LogP contribution in [0.3, 0.4) is 0 Å². The maximum absolute atomic E-state index is 2.55. The van der Waals surface area contributed by atoms with Crippen LogP contribution >= 0.6 is 0 Å². The van der Waals surface area contributed by atoms with Crippen molar-refractivity contribution in [3.63, 3.8) is 0 Å². The number of aromatic nitrogens is 4. The van der Waals surface area contributed by atoms with E-state index in [2.05, 4.69) is 249 Å². The molecule has 0 atom stereocenters. The summed E-state index contributed by atoms with van der Waals surface area (Å²) in [6.45, 7) is 0. The van der Waals surface area contributed by atoms with Crippen molar-refractivity contribution in [3.05, 3.63) is 231 Å². The van der Waals surface area contributed by atoms with Crippen LogP contribution in [0, 0.1) is 0 Å². The van der Waals surface area contributed by atoms with Crippen molar-refractivity contribution in [3.8, 4) is 22.7 Å². The molecule has 4 heterocycles. The van der Waals surface area contributed by atoms with E-state index in [-0.39, 0.29) is 0 Å². The van der Waals surface area contributed by atoms with Gasteiger partial charge in [0.25, 0.3) is 0 Å². The Kier molecular flexibility index (Phi) is 7.20. The molecule has 0 aliphatic carbocycles. The average molecular weight is 941 g/mol. The van der Waals surface area contributed by atoms with Gasteiger partial charge in [-0.05, 0) is 128 Å². The number of hydrogen-bond acceptors (Lipinski definition) is 0. The smallest absolute Gasteiger partial charge is 0.0879 e. The highest BCUT2D eigenvalue weighted by Gasteiger charge is 2.24. The van der Waals surface area contributed by atoms with E-state index in [1.54, 1.807) is 0 Å². The Hall–Kier alpha value is -9.42. The fourth-order valence-electron chi connectivity index (χ4n) is 13.9. The molecule has 18 rings (SSSR count). The Morgan fingerprint density at radius 2 is 0.370 bits per heavy atom. The lowest BCUT2D eigenvalue weighted by Crippen LogP contribution is -2.29. The normalized spacial score (nSPS) is 12.7. The first kappa shape index (κ1) is 38.3. The fourth-order valence-corrected chi connectivity index (χ4v) is 15.6. The quantitative estimate of drug-likeness (QED) is 0.117. The van der Waals surface area contributed by atoms with Crippen molar-refractivity contribution in [2.24, 2.45) is 0 Å². The molecule has 0 aliphatic heterocycles. The highest BCUT2D eigenvalue weighted by molar-refractivity contribution is 6.67. The van der Waals surface area contributed by atoms with Gasteiger partial charge in [0.05, 0.1) is 53.7 Å². The third-order valence-corrected chi connectivity index (χ3v) is 18.3. The van der Waals surface area contributed by atoms with Crippen LogP contribution in [0.2, 0.25) is 0 Å². The standard InChI is InChI=1S/C68H40N4Si/c1-9-39-25-26-40-10-2-18-54-62(40)61(39)53(17-1)69(54)47-33-48(70-55-19-3-11-41-27-28-42-12-4-20-56(70)64(42)63(41)55)36-51(35-47)73-52-37-49(71-57-21-5-13-43-29-30-44-14-6-22-58(71)66(44)65(43)57)34-50(38-52)72-59-23-7-15-45-31-32-46-16-8-24-60(72)68(46)67(45)59/h1-38H,73H2. The summed E-state index contributed by atoms with van der Waals surface area (Å²) in [5.74, 6) is 0. The number of hydrogen-bond donors (Lipinski definition) is 0. The molecule has 0 saturated heterocycles. The minimum Gasteiger partial charge on any atom is -0.309 e. The molecule has 18 aromatic rings. The summed E-state index contributed by atoms with van der Waals surface area (Å²) in [6.07, 6.45) is 0. The zero-order valence-corrected chi connectivity index (χ0v) is 40.8. The van der Waals surface area contributed by atoms with Crippen molar-refractivity contribution in [2.45, 2.75) is 0 Å². The van der Waals surface area contributed by atoms with Gasteiger partial charge in [-0.15, -0.1) is 0 Å². The lowest BCUT2D eigenvalue weighted by Gasteiger charge is -2.18. The summed E-state index contributed by atoms with van der Waals surface area (Å²) in [4.78, 5) is 0. The molecule has 0 fully saturated rings. The molecule has 4 aromatic heterocycles. The highest BCUT2D eigenvalue weighted by atomic mass is 28.2. The number of benzene rings is 14. The Balaban J connectivity index is 0.937. The predicted molar refractivity (Wildman–Crippen MR) is 313 cm³/mol. The van der Waals surface area contributed by atoms with Crippen LogP contribution < -0.4 is 10.4 Å². The zero-order valence-electron chi connectivity index (χ0n) is 39.4. The molecule has 0 bridgehead atoms. The number of nitrogens with zero attached hydrogens (tertiary/aromatic N) is 4. The van der Waals surface area contributed by atoms with Gasteiger partial charge in [-0.3, -0.25) is 0 Å². The molecule has 0 radical (unpaired) electrons. The molecule has 0 amide bonds. The molecule has 0 unspecified atom stereocenters. The SMILES string of the molecule is c1cc2ccc3cccc4c3c2c(c1)n4-c1cc([SiH2]c2cc(-n3c4cccc5ccc6cccc3c6c54)cc(-n3c4cccc5ccc6cccc3c6c54)c2)cc(-n2c3cccc4ccc5cccc2c5c43)c1. The van der Waals surface area contributed by atoms with Crippen molar-refractivity contribution in [1.29, 1.82) is 0 Å². The largest absolute Gasteiger partial charge is 0.309 e. The topological polar surface area (TPSA) is 19.7 Å². The molecule has 73 heavy (non-hydrogen) atoms. The van der Waals surface area contributed by atoms with Crippen molar-refractivity contribution in [1.82, 2.24) is 18.3 Å². The van der Waals surface area contributed by atoms with Gasteiger partial charge in [-0.1, -0.05) is 156 Å². The average Bonchev–Trinajstić information content (AvgIpc) is 4.18. The first-order valence-corrected chi connectivity index (χ1v) is 26.9. The van der Waals surface area contributed by atoms with E-state index in [1.807, 2.05) is 0 Å². The third kappa shape index (κ3) is 4.99. The molecule has 5 heteroatoms. The fraction of sp³-hybridized carbons (Fsp3) is 0. The molecule has 14 aromatic carbocycles. The minimum atomic E-state index is -1.20. The van der Waals surface area contributed by atoms with Crippen LogP contribution in [0.1, 0.15) is 0 Å². The number of rotatable bonds is 6. The Bertz CT molecular complexity index is 4390. The second-order valence-electron chi connectivity index (χ2n) is 20.5. The zero-order chi connectivity index (χ0) is 47.2. The van der Waals surface area contributed by atoms with Crippen LogP contribution in [0.15, 0.2) is 231 Å². The van der Waals surface area contributed by atoms with Gasteiger partial charge in [0.15, 0.2) is 0 Å². The summed E-state index contributed by atoms with van der Waals surface area (Å²) in [6, 6.07) is 87.8. The van der Waals surface area contributed by atoms with Crippen LogP contribution in [0.5, 0.6) is 0 Å². The van der Waals surface area contributed by atoms with Gasteiger partial charge in [0.1, 0.15) is 0 Å². The van der Waals surface area contributed by atoms with E-state index < -0.39 is 9.52 Å². The molecular formula is C68H40N4Si. The molecule has 0 N–H and O–H groups in total. The van der Waals surface area contributed by atoms with Gasteiger partial charge in [0, 0.05) is 65.8 Å². The van der Waals surface area contributed by atoms with Crippen LogP contribution in [-0.2, 0) is 0 Å². The first-order chi connectivity index (χ1) is 36.2. The lowest BCUT2D eigenvalue weighted by atomic mass is 10.0. The summed E-state index contributed by atoms with van der Waals surface area (Å²) < 4.78 is 10.2. The Labute approximate surface area is 419 Å². The van der Waals surface area contributed by atoms with E-state index in [0.29, 0.717) is 0 Å². The highest BCUT2D eigenvalue weighted by Crippen LogP contribution is 2.44. The molecule has 0 aliphatic rings. The van der Waals surface area contributed by atoms with Crippen molar-refractivity contribution >= 4 is 150 Å². The van der Waals surface area contributed by atoms with E-state index in [0.717, 1.165) is 0 Å². The maximum Gasteiger partial charge on any atom is 0.0879 e. The van der Waals surface area contributed by atoms with Gasteiger partial charge in [0.2, 0.25) is 0 Å². The maximum atomic E-state index is 2.55. The molecule has 0 spiro atoms. The molecule has 336 valence electrons. The summed E-state index contributed by atoms with van der Waals surface area (Å²) in [7, 11) is -1.20. The lowest BCUT2D eigenvalue weighted by molar-refractivity contribution is 1.14. The summed E-state index contributed by atoms with van der Waals surface area (Å²) in [5, 5.41) is 23.6. The van der Waals surface area contributed by atoms with Gasteiger partial charge in [-0.2, -0.15) is 0 Å². The van der Waals surface area contributed by atoms with E-state index in [9.17, 15) is 0 Å². The van der Waals surface area contributed by atoms with Gasteiger partial charge < -0.3 is 18.3 Å². The monoisotopic (exact) mass is 940 g/mol. The predicted octanol–water partition coefficient (Wildman–Crippen LogP) is 15.6. The Morgan fingerprint density at radius 3 is 0.548 bits per heavy atom. The van der Waals surface area contributed by atoms with E-state index in [1.165, 1.54) is 163 Å². The first-order valence-electron chi connectivity index (χ1n) is 25.4. The van der Waals surface area contributed by atoms with Gasteiger partial charge >= 0.3 is 0 Å². The third-order valence-electron chi connectivity index (χ3n) is 16.7. The van der Waals surface area contributed by atoms with Crippen LogP contribution in [-0.4, -0.2) is 27.8 Å². The Morgan fingerprint density at radius 1 is 0.192 bits per heavy atom. The van der Waals surface area contributed by atoms with Gasteiger partial charge in [-0.25, -0.2) is 0 Å². The van der Waals surface area contributed by atoms with Crippen LogP contribution in [0.4, 0.5) is 0 Å². The second kappa shape index (κ2) is 13.7. The van der Waals surface area contributed by atoms with E-state index >= 15 is 0 Å².